The van der Waals surface area contributed by atoms with E-state index in [-0.39, 0.29) is 0 Å². The lowest BCUT2D eigenvalue weighted by molar-refractivity contribution is -0.0239. The highest BCUT2D eigenvalue weighted by Crippen LogP contribution is 2.33. The zero-order valence-corrected chi connectivity index (χ0v) is 10.9. The molecule has 0 saturated carbocycles. The van der Waals surface area contributed by atoms with Crippen LogP contribution in [-0.4, -0.2) is 72.6 Å². The van der Waals surface area contributed by atoms with Gasteiger partial charge in [-0.3, -0.25) is 9.80 Å². The highest BCUT2D eigenvalue weighted by molar-refractivity contribution is 4.96. The number of piperazine rings is 1. The summed E-state index contributed by atoms with van der Waals surface area (Å²) in [5, 5.41) is 0. The molecule has 3 nitrogen and oxygen atoms in total. The number of nitrogens with zero attached hydrogens (tertiary/aromatic N) is 3. The number of rotatable bonds is 1. The molecule has 5 saturated heterocycles. The Hall–Kier alpha value is -0.120. The van der Waals surface area contributed by atoms with Gasteiger partial charge in [-0.2, -0.15) is 0 Å². The van der Waals surface area contributed by atoms with E-state index < -0.39 is 0 Å². The minimum absolute atomic E-state index is 0.902. The fraction of sp³-hybridized carbons (Fsp3) is 1.00. The van der Waals surface area contributed by atoms with Gasteiger partial charge in [-0.1, -0.05) is 0 Å². The number of piperidine rings is 3. The van der Waals surface area contributed by atoms with E-state index in [2.05, 4.69) is 14.7 Å². The summed E-state index contributed by atoms with van der Waals surface area (Å²) in [5.74, 6) is 1.02. The molecular formula is C14H25N3. The first-order valence-electron chi connectivity index (χ1n) is 7.60. The Morgan fingerprint density at radius 3 is 2.29 bits per heavy atom. The predicted molar refractivity (Wildman–Crippen MR) is 69.1 cm³/mol. The second kappa shape index (κ2) is 4.22. The molecule has 5 fully saturated rings. The van der Waals surface area contributed by atoms with Crippen LogP contribution in [0.15, 0.2) is 0 Å². The van der Waals surface area contributed by atoms with Gasteiger partial charge in [-0.15, -0.1) is 0 Å². The highest BCUT2D eigenvalue weighted by atomic mass is 15.3. The lowest BCUT2D eigenvalue weighted by Crippen LogP contribution is -2.62. The van der Waals surface area contributed by atoms with Crippen molar-refractivity contribution in [2.24, 2.45) is 5.92 Å². The molecule has 0 N–H and O–H groups in total. The van der Waals surface area contributed by atoms with Crippen LogP contribution in [0.25, 0.3) is 0 Å². The Morgan fingerprint density at radius 1 is 0.706 bits per heavy atom. The van der Waals surface area contributed by atoms with Crippen molar-refractivity contribution in [1.82, 2.24) is 14.7 Å². The van der Waals surface area contributed by atoms with Crippen LogP contribution in [0, 0.1) is 5.92 Å². The minimum Gasteiger partial charge on any atom is -0.302 e. The van der Waals surface area contributed by atoms with Crippen molar-refractivity contribution >= 4 is 0 Å². The van der Waals surface area contributed by atoms with Crippen LogP contribution in [0.4, 0.5) is 0 Å². The molecule has 2 bridgehead atoms. The minimum atomic E-state index is 0.902. The molecule has 0 aromatic carbocycles. The van der Waals surface area contributed by atoms with Crippen molar-refractivity contribution in [3.63, 3.8) is 0 Å². The third kappa shape index (κ3) is 1.83. The molecule has 2 atom stereocenters. The third-order valence-electron chi connectivity index (χ3n) is 5.71. The van der Waals surface area contributed by atoms with Crippen molar-refractivity contribution in [1.29, 1.82) is 0 Å². The van der Waals surface area contributed by atoms with Crippen LogP contribution >= 0.6 is 0 Å². The quantitative estimate of drug-likeness (QED) is 0.667. The number of hydrogen-bond donors (Lipinski definition) is 0. The van der Waals surface area contributed by atoms with Gasteiger partial charge in [-0.05, 0) is 51.2 Å². The largest absolute Gasteiger partial charge is 0.302 e. The molecule has 0 aromatic heterocycles. The van der Waals surface area contributed by atoms with Gasteiger partial charge in [0.2, 0.25) is 0 Å². The maximum Gasteiger partial charge on any atom is 0.0253 e. The highest BCUT2D eigenvalue weighted by Gasteiger charge is 2.40. The standard InChI is InChI=1S/C14H25N3/c1-2-13-10-17(9-8-16(13)5-1)14-11-15-6-3-12(14)4-7-15/h12-14H,1-11H2. The predicted octanol–water partition coefficient (Wildman–Crippen LogP) is 0.861. The van der Waals surface area contributed by atoms with Crippen LogP contribution in [0.2, 0.25) is 0 Å². The van der Waals surface area contributed by atoms with Crippen LogP contribution in [0.5, 0.6) is 0 Å². The van der Waals surface area contributed by atoms with Crippen LogP contribution < -0.4 is 0 Å². The normalized spacial score (nSPS) is 47.3. The summed E-state index contributed by atoms with van der Waals surface area (Å²) in [6.07, 6.45) is 5.83. The summed E-state index contributed by atoms with van der Waals surface area (Å²) in [5.41, 5.74) is 0. The maximum absolute atomic E-state index is 2.85. The van der Waals surface area contributed by atoms with E-state index in [4.69, 9.17) is 0 Å². The van der Waals surface area contributed by atoms with Gasteiger partial charge < -0.3 is 4.90 Å². The van der Waals surface area contributed by atoms with E-state index in [0.717, 1.165) is 18.0 Å². The lowest BCUT2D eigenvalue weighted by atomic mass is 9.82. The fourth-order valence-electron chi connectivity index (χ4n) is 4.66. The van der Waals surface area contributed by atoms with E-state index in [0.29, 0.717) is 0 Å². The Morgan fingerprint density at radius 2 is 1.53 bits per heavy atom. The lowest BCUT2D eigenvalue weighted by Gasteiger charge is -2.51. The van der Waals surface area contributed by atoms with Crippen molar-refractivity contribution in [3.8, 4) is 0 Å². The molecule has 17 heavy (non-hydrogen) atoms. The SMILES string of the molecule is C1CC2CN(C3CN4CCC3CC4)CCN2C1. The molecule has 0 amide bonds. The Kier molecular flexibility index (Phi) is 2.67. The fourth-order valence-corrected chi connectivity index (χ4v) is 4.66. The maximum atomic E-state index is 2.85. The Balaban J connectivity index is 1.45. The summed E-state index contributed by atoms with van der Waals surface area (Å²) < 4.78 is 0. The molecule has 3 heteroatoms. The summed E-state index contributed by atoms with van der Waals surface area (Å²) in [6, 6.07) is 1.81. The first-order chi connectivity index (χ1) is 8.40. The van der Waals surface area contributed by atoms with Gasteiger partial charge in [-0.25, -0.2) is 0 Å². The van der Waals surface area contributed by atoms with Gasteiger partial charge >= 0.3 is 0 Å². The van der Waals surface area contributed by atoms with Gasteiger partial charge in [0.15, 0.2) is 0 Å². The van der Waals surface area contributed by atoms with E-state index in [1.165, 1.54) is 71.5 Å². The molecular weight excluding hydrogens is 210 g/mol. The van der Waals surface area contributed by atoms with Crippen molar-refractivity contribution in [2.45, 2.75) is 37.8 Å². The molecule has 5 heterocycles. The van der Waals surface area contributed by atoms with E-state index >= 15 is 0 Å². The monoisotopic (exact) mass is 235 g/mol. The van der Waals surface area contributed by atoms with Crippen molar-refractivity contribution < 1.29 is 0 Å². The third-order valence-corrected chi connectivity index (χ3v) is 5.71. The second-order valence-electron chi connectivity index (χ2n) is 6.53. The molecule has 0 spiro atoms. The average molecular weight is 235 g/mol. The topological polar surface area (TPSA) is 9.72 Å². The van der Waals surface area contributed by atoms with Gasteiger partial charge in [0.1, 0.15) is 0 Å². The number of hydrogen-bond acceptors (Lipinski definition) is 3. The van der Waals surface area contributed by atoms with Crippen molar-refractivity contribution in [3.05, 3.63) is 0 Å². The summed E-state index contributed by atoms with van der Waals surface area (Å²) >= 11 is 0. The smallest absolute Gasteiger partial charge is 0.0253 e. The van der Waals surface area contributed by atoms with Crippen molar-refractivity contribution in [2.75, 3.05) is 45.8 Å². The second-order valence-corrected chi connectivity index (χ2v) is 6.53. The Labute approximate surface area is 105 Å². The van der Waals surface area contributed by atoms with Crippen LogP contribution in [-0.2, 0) is 0 Å². The molecule has 0 aliphatic carbocycles. The van der Waals surface area contributed by atoms with Gasteiger partial charge in [0, 0.05) is 38.3 Å². The molecule has 2 unspecified atom stereocenters. The van der Waals surface area contributed by atoms with Crippen LogP contribution in [0.1, 0.15) is 25.7 Å². The molecule has 5 aliphatic heterocycles. The number of fused-ring (bicyclic) bond motifs is 4. The zero-order chi connectivity index (χ0) is 11.2. The summed E-state index contributed by atoms with van der Waals surface area (Å²) in [7, 11) is 0. The molecule has 0 aromatic rings. The summed E-state index contributed by atoms with van der Waals surface area (Å²) in [4.78, 5) is 8.28. The molecule has 5 rings (SSSR count). The molecule has 5 aliphatic rings. The molecule has 96 valence electrons. The first kappa shape index (κ1) is 10.8. The molecule has 0 radical (unpaired) electrons. The van der Waals surface area contributed by atoms with Gasteiger partial charge in [0.25, 0.3) is 0 Å². The van der Waals surface area contributed by atoms with E-state index in [1.807, 2.05) is 0 Å². The summed E-state index contributed by atoms with van der Waals surface area (Å²) in [6.45, 7) is 9.56. The zero-order valence-electron chi connectivity index (χ0n) is 10.9. The first-order valence-corrected chi connectivity index (χ1v) is 7.60. The average Bonchev–Trinajstić information content (AvgIpc) is 2.87. The Bertz CT molecular complexity index is 285. The van der Waals surface area contributed by atoms with E-state index in [9.17, 15) is 0 Å². The van der Waals surface area contributed by atoms with E-state index in [1.54, 1.807) is 0 Å². The van der Waals surface area contributed by atoms with Gasteiger partial charge in [0.05, 0.1) is 0 Å². The van der Waals surface area contributed by atoms with Crippen LogP contribution in [0.3, 0.4) is 0 Å².